The molecule has 0 aromatic heterocycles. The molecular formula is C19H26O2. The van der Waals surface area contributed by atoms with E-state index in [4.69, 9.17) is 0 Å². The van der Waals surface area contributed by atoms with Crippen molar-refractivity contribution in [2.24, 2.45) is 5.92 Å². The molecule has 1 aromatic rings. The van der Waals surface area contributed by atoms with E-state index in [0.29, 0.717) is 0 Å². The maximum atomic E-state index is 12.2. The molecule has 2 rings (SSSR count). The van der Waals surface area contributed by atoms with Crippen LogP contribution >= 0.6 is 0 Å². The predicted molar refractivity (Wildman–Crippen MR) is 86.6 cm³/mol. The molecule has 1 aromatic carbocycles. The minimum absolute atomic E-state index is 0.0844. The Hall–Kier alpha value is -1.57. The van der Waals surface area contributed by atoms with E-state index in [1.807, 2.05) is 18.2 Å². The van der Waals surface area contributed by atoms with Gasteiger partial charge in [0.1, 0.15) is 5.41 Å². The summed E-state index contributed by atoms with van der Waals surface area (Å²) in [5.74, 6) is -0.614. The van der Waals surface area contributed by atoms with Gasteiger partial charge in [0.15, 0.2) is 0 Å². The average Bonchev–Trinajstić information content (AvgIpc) is 2.94. The van der Waals surface area contributed by atoms with Crippen molar-refractivity contribution >= 4 is 5.97 Å². The third-order valence-electron chi connectivity index (χ3n) is 4.86. The van der Waals surface area contributed by atoms with Crippen molar-refractivity contribution in [1.29, 1.82) is 0 Å². The van der Waals surface area contributed by atoms with E-state index in [1.54, 1.807) is 6.08 Å². The van der Waals surface area contributed by atoms with Crippen LogP contribution < -0.4 is 0 Å². The summed E-state index contributed by atoms with van der Waals surface area (Å²) in [6, 6.07) is 7.98. The molecular weight excluding hydrogens is 260 g/mol. The largest absolute Gasteiger partial charge is 0.480 e. The number of benzene rings is 1. The third kappa shape index (κ3) is 2.64. The molecule has 0 heterocycles. The smallest absolute Gasteiger partial charge is 0.318 e. The van der Waals surface area contributed by atoms with Crippen molar-refractivity contribution in [3.05, 3.63) is 48.0 Å². The molecule has 0 aliphatic heterocycles. The van der Waals surface area contributed by atoms with Crippen LogP contribution in [0, 0.1) is 5.92 Å². The van der Waals surface area contributed by atoms with Gasteiger partial charge in [0, 0.05) is 0 Å². The molecule has 21 heavy (non-hydrogen) atoms. The topological polar surface area (TPSA) is 37.3 Å². The van der Waals surface area contributed by atoms with Gasteiger partial charge in [-0.05, 0) is 35.3 Å². The van der Waals surface area contributed by atoms with Crippen LogP contribution in [-0.4, -0.2) is 11.1 Å². The van der Waals surface area contributed by atoms with Gasteiger partial charge < -0.3 is 5.11 Å². The zero-order valence-corrected chi connectivity index (χ0v) is 13.4. The van der Waals surface area contributed by atoms with Crippen LogP contribution in [0.4, 0.5) is 0 Å². The molecule has 0 bridgehead atoms. The maximum Gasteiger partial charge on any atom is 0.318 e. The number of carboxylic acids is 1. The summed E-state index contributed by atoms with van der Waals surface area (Å²) in [7, 11) is 0. The Morgan fingerprint density at radius 1 is 1.19 bits per heavy atom. The van der Waals surface area contributed by atoms with Crippen molar-refractivity contribution in [3.63, 3.8) is 0 Å². The molecule has 0 radical (unpaired) electrons. The molecule has 0 amide bonds. The van der Waals surface area contributed by atoms with E-state index >= 15 is 0 Å². The average molecular weight is 286 g/mol. The summed E-state index contributed by atoms with van der Waals surface area (Å²) >= 11 is 0. The SMILES string of the molecule is C=CC(C(=O)O)(c1ccccc1C(C)(C)C)C1CCCC1. The highest BCUT2D eigenvalue weighted by atomic mass is 16.4. The van der Waals surface area contributed by atoms with E-state index in [9.17, 15) is 9.90 Å². The summed E-state index contributed by atoms with van der Waals surface area (Å²) < 4.78 is 0. The van der Waals surface area contributed by atoms with Gasteiger partial charge in [0.25, 0.3) is 0 Å². The monoisotopic (exact) mass is 286 g/mol. The van der Waals surface area contributed by atoms with E-state index in [1.165, 1.54) is 0 Å². The van der Waals surface area contributed by atoms with E-state index in [2.05, 4.69) is 33.4 Å². The number of hydrogen-bond donors (Lipinski definition) is 1. The van der Waals surface area contributed by atoms with Crippen LogP contribution in [0.25, 0.3) is 0 Å². The van der Waals surface area contributed by atoms with Crippen molar-refractivity contribution in [1.82, 2.24) is 0 Å². The van der Waals surface area contributed by atoms with Crippen LogP contribution in [0.2, 0.25) is 0 Å². The van der Waals surface area contributed by atoms with Crippen molar-refractivity contribution in [3.8, 4) is 0 Å². The minimum Gasteiger partial charge on any atom is -0.480 e. The Kier molecular flexibility index (Phi) is 4.27. The van der Waals surface area contributed by atoms with Gasteiger partial charge in [0.2, 0.25) is 0 Å². The van der Waals surface area contributed by atoms with Crippen LogP contribution in [0.1, 0.15) is 57.6 Å². The molecule has 1 aliphatic rings. The number of carbonyl (C=O) groups is 1. The van der Waals surface area contributed by atoms with Gasteiger partial charge in [-0.3, -0.25) is 4.79 Å². The molecule has 0 saturated heterocycles. The normalized spacial score (nSPS) is 19.2. The van der Waals surface area contributed by atoms with E-state index < -0.39 is 11.4 Å². The second-order valence-corrected chi connectivity index (χ2v) is 7.16. The van der Waals surface area contributed by atoms with E-state index in [-0.39, 0.29) is 11.3 Å². The number of rotatable bonds is 4. The van der Waals surface area contributed by atoms with Gasteiger partial charge in [-0.1, -0.05) is 64.0 Å². The number of carboxylic acid groups (broad SMARTS) is 1. The summed E-state index contributed by atoms with van der Waals surface area (Å²) in [6.07, 6.45) is 5.85. The van der Waals surface area contributed by atoms with Crippen LogP contribution in [-0.2, 0) is 15.6 Å². The first-order valence-electron chi connectivity index (χ1n) is 7.81. The highest BCUT2D eigenvalue weighted by Gasteiger charge is 2.47. The minimum atomic E-state index is -0.958. The first kappa shape index (κ1) is 15.8. The summed E-state index contributed by atoms with van der Waals surface area (Å²) in [5.41, 5.74) is 0.991. The van der Waals surface area contributed by atoms with Gasteiger partial charge in [-0.15, -0.1) is 6.58 Å². The molecule has 2 heteroatoms. The van der Waals surface area contributed by atoms with E-state index in [0.717, 1.165) is 36.8 Å². The zero-order valence-electron chi connectivity index (χ0n) is 13.4. The molecule has 1 N–H and O–H groups in total. The summed E-state index contributed by atoms with van der Waals surface area (Å²) in [4.78, 5) is 12.2. The molecule has 2 nitrogen and oxygen atoms in total. The molecule has 1 unspecified atom stereocenters. The third-order valence-corrected chi connectivity index (χ3v) is 4.86. The lowest BCUT2D eigenvalue weighted by Crippen LogP contribution is -2.42. The molecule has 114 valence electrons. The molecule has 1 aliphatic carbocycles. The highest BCUT2D eigenvalue weighted by molar-refractivity contribution is 5.85. The van der Waals surface area contributed by atoms with Crippen molar-refractivity contribution in [2.75, 3.05) is 0 Å². The Morgan fingerprint density at radius 2 is 1.71 bits per heavy atom. The molecule has 1 fully saturated rings. The zero-order chi connectivity index (χ0) is 15.7. The standard InChI is InChI=1S/C19H26O2/c1-5-19(17(20)21,14-10-6-7-11-14)16-13-9-8-12-15(16)18(2,3)4/h5,8-9,12-14H,1,6-7,10-11H2,2-4H3,(H,20,21). The predicted octanol–water partition coefficient (Wildman–Crippen LogP) is 4.68. The van der Waals surface area contributed by atoms with Crippen molar-refractivity contribution in [2.45, 2.75) is 57.3 Å². The fourth-order valence-electron chi connectivity index (χ4n) is 3.75. The maximum absolute atomic E-state index is 12.2. The second-order valence-electron chi connectivity index (χ2n) is 7.16. The Labute approximate surface area is 127 Å². The Balaban J connectivity index is 2.68. The second kappa shape index (κ2) is 5.67. The Bertz CT molecular complexity index is 533. The van der Waals surface area contributed by atoms with Gasteiger partial charge >= 0.3 is 5.97 Å². The summed E-state index contributed by atoms with van der Waals surface area (Å²) in [5, 5.41) is 10.1. The van der Waals surface area contributed by atoms with Crippen molar-refractivity contribution < 1.29 is 9.90 Å². The number of hydrogen-bond acceptors (Lipinski definition) is 1. The van der Waals surface area contributed by atoms with Crippen LogP contribution in [0.15, 0.2) is 36.9 Å². The molecule has 1 atom stereocenters. The molecule has 0 spiro atoms. The lowest BCUT2D eigenvalue weighted by molar-refractivity contribution is -0.143. The first-order valence-corrected chi connectivity index (χ1v) is 7.81. The lowest BCUT2D eigenvalue weighted by Gasteiger charge is -2.37. The highest BCUT2D eigenvalue weighted by Crippen LogP contribution is 2.46. The lowest BCUT2D eigenvalue weighted by atomic mass is 9.65. The van der Waals surface area contributed by atoms with Gasteiger partial charge in [-0.2, -0.15) is 0 Å². The quantitative estimate of drug-likeness (QED) is 0.816. The Morgan fingerprint density at radius 3 is 2.14 bits per heavy atom. The van der Waals surface area contributed by atoms with Gasteiger partial charge in [-0.25, -0.2) is 0 Å². The molecule has 1 saturated carbocycles. The van der Waals surface area contributed by atoms with Crippen LogP contribution in [0.5, 0.6) is 0 Å². The van der Waals surface area contributed by atoms with Gasteiger partial charge in [0.05, 0.1) is 0 Å². The number of aliphatic carboxylic acids is 1. The fourth-order valence-corrected chi connectivity index (χ4v) is 3.75. The fraction of sp³-hybridized carbons (Fsp3) is 0.526. The summed E-state index contributed by atoms with van der Waals surface area (Å²) in [6.45, 7) is 10.3. The first-order chi connectivity index (χ1) is 9.84. The van der Waals surface area contributed by atoms with Crippen LogP contribution in [0.3, 0.4) is 0 Å².